The molecule has 3 heterocycles. The number of benzene rings is 1. The lowest BCUT2D eigenvalue weighted by molar-refractivity contribution is -0.126. The largest absolute Gasteiger partial charge is 0.352 e. The third-order valence-corrected chi connectivity index (χ3v) is 4.81. The molecule has 1 fully saturated rings. The minimum atomic E-state index is -0.291. The van der Waals surface area contributed by atoms with Crippen LogP contribution in [0, 0.1) is 5.82 Å². The molecule has 1 aliphatic heterocycles. The first-order chi connectivity index (χ1) is 14.2. The molecule has 2 aromatic heterocycles. The molecule has 1 saturated heterocycles. The van der Waals surface area contributed by atoms with Crippen molar-refractivity contribution in [3.05, 3.63) is 78.4 Å². The second-order valence-electron chi connectivity index (χ2n) is 6.72. The van der Waals surface area contributed by atoms with Crippen molar-refractivity contribution in [2.45, 2.75) is 0 Å². The normalized spacial score (nSPS) is 14.4. The summed E-state index contributed by atoms with van der Waals surface area (Å²) < 4.78 is 12.9. The van der Waals surface area contributed by atoms with Crippen molar-refractivity contribution >= 4 is 17.8 Å². The molecule has 29 heavy (non-hydrogen) atoms. The summed E-state index contributed by atoms with van der Waals surface area (Å²) >= 11 is 0. The molecule has 1 aromatic carbocycles. The molecule has 3 aromatic rings. The SMILES string of the molecule is O=C(/C=C/c1ccc(F)cc1)N1CCN(c2ccc(-c3cccnc3)nn2)CC1. The zero-order valence-electron chi connectivity index (χ0n) is 15.8. The van der Waals surface area contributed by atoms with Gasteiger partial charge in [-0.1, -0.05) is 12.1 Å². The lowest BCUT2D eigenvalue weighted by atomic mass is 10.2. The van der Waals surface area contributed by atoms with Crippen LogP contribution in [0.3, 0.4) is 0 Å². The Bertz CT molecular complexity index is 982. The highest BCUT2D eigenvalue weighted by Gasteiger charge is 2.20. The van der Waals surface area contributed by atoms with E-state index in [-0.39, 0.29) is 11.7 Å². The van der Waals surface area contributed by atoms with Crippen LogP contribution in [0.5, 0.6) is 0 Å². The fraction of sp³-hybridized carbons (Fsp3) is 0.182. The van der Waals surface area contributed by atoms with Gasteiger partial charge in [0.05, 0.1) is 5.69 Å². The van der Waals surface area contributed by atoms with Gasteiger partial charge in [0.25, 0.3) is 0 Å². The Morgan fingerprint density at radius 3 is 2.41 bits per heavy atom. The van der Waals surface area contributed by atoms with Gasteiger partial charge in [0, 0.05) is 50.2 Å². The van der Waals surface area contributed by atoms with Crippen molar-refractivity contribution in [1.29, 1.82) is 0 Å². The Morgan fingerprint density at radius 2 is 1.76 bits per heavy atom. The van der Waals surface area contributed by atoms with Gasteiger partial charge in [-0.15, -0.1) is 10.2 Å². The number of piperazine rings is 1. The highest BCUT2D eigenvalue weighted by molar-refractivity contribution is 5.91. The van der Waals surface area contributed by atoms with Crippen molar-refractivity contribution in [2.75, 3.05) is 31.1 Å². The predicted molar refractivity (Wildman–Crippen MR) is 109 cm³/mol. The van der Waals surface area contributed by atoms with E-state index in [0.29, 0.717) is 26.2 Å². The van der Waals surface area contributed by atoms with Gasteiger partial charge >= 0.3 is 0 Å². The van der Waals surface area contributed by atoms with E-state index in [2.05, 4.69) is 20.1 Å². The Kier molecular flexibility index (Phi) is 5.56. The molecule has 0 radical (unpaired) electrons. The van der Waals surface area contributed by atoms with Gasteiger partial charge in [-0.3, -0.25) is 9.78 Å². The summed E-state index contributed by atoms with van der Waals surface area (Å²) in [6.07, 6.45) is 6.72. The molecule has 4 rings (SSSR count). The smallest absolute Gasteiger partial charge is 0.246 e. The molecule has 7 heteroatoms. The van der Waals surface area contributed by atoms with Crippen LogP contribution < -0.4 is 4.90 Å². The fourth-order valence-electron chi connectivity index (χ4n) is 3.16. The van der Waals surface area contributed by atoms with Crippen molar-refractivity contribution in [3.8, 4) is 11.3 Å². The van der Waals surface area contributed by atoms with Crippen LogP contribution in [0.4, 0.5) is 10.2 Å². The number of nitrogens with zero attached hydrogens (tertiary/aromatic N) is 5. The van der Waals surface area contributed by atoms with E-state index in [9.17, 15) is 9.18 Å². The second kappa shape index (κ2) is 8.60. The topological polar surface area (TPSA) is 62.2 Å². The molecular formula is C22H20FN5O. The van der Waals surface area contributed by atoms with Crippen molar-refractivity contribution in [3.63, 3.8) is 0 Å². The summed E-state index contributed by atoms with van der Waals surface area (Å²) in [4.78, 5) is 20.4. The van der Waals surface area contributed by atoms with Gasteiger partial charge in [-0.25, -0.2) is 4.39 Å². The summed E-state index contributed by atoms with van der Waals surface area (Å²) in [5, 5.41) is 8.63. The zero-order chi connectivity index (χ0) is 20.1. The minimum Gasteiger partial charge on any atom is -0.352 e. The number of rotatable bonds is 4. The standard InChI is InChI=1S/C22H20FN5O/c23-19-6-3-17(4-7-19)5-10-22(29)28-14-12-27(13-15-28)21-9-8-20(25-26-21)18-2-1-11-24-16-18/h1-11,16H,12-15H2/b10-5+. The predicted octanol–water partition coefficient (Wildman–Crippen LogP) is 3.04. The Hall–Kier alpha value is -3.61. The van der Waals surface area contributed by atoms with Crippen LogP contribution in [0.25, 0.3) is 17.3 Å². The first-order valence-corrected chi connectivity index (χ1v) is 9.41. The van der Waals surface area contributed by atoms with E-state index >= 15 is 0 Å². The number of anilines is 1. The van der Waals surface area contributed by atoms with E-state index in [0.717, 1.165) is 22.6 Å². The lowest BCUT2D eigenvalue weighted by Crippen LogP contribution is -2.48. The van der Waals surface area contributed by atoms with E-state index in [4.69, 9.17) is 0 Å². The van der Waals surface area contributed by atoms with E-state index in [1.165, 1.54) is 18.2 Å². The molecule has 146 valence electrons. The molecule has 0 aliphatic carbocycles. The second-order valence-corrected chi connectivity index (χ2v) is 6.72. The number of carbonyl (C=O) groups is 1. The number of hydrogen-bond donors (Lipinski definition) is 0. The van der Waals surface area contributed by atoms with Gasteiger partial charge in [-0.05, 0) is 48.0 Å². The molecule has 0 bridgehead atoms. The fourth-order valence-corrected chi connectivity index (χ4v) is 3.16. The molecule has 6 nitrogen and oxygen atoms in total. The molecule has 1 amide bonds. The van der Waals surface area contributed by atoms with Gasteiger partial charge in [0.15, 0.2) is 5.82 Å². The van der Waals surface area contributed by atoms with Gasteiger partial charge in [-0.2, -0.15) is 0 Å². The number of pyridine rings is 1. The van der Waals surface area contributed by atoms with E-state index < -0.39 is 0 Å². The van der Waals surface area contributed by atoms with Crippen LogP contribution in [0.15, 0.2) is 67.0 Å². The lowest BCUT2D eigenvalue weighted by Gasteiger charge is -2.34. The molecule has 0 N–H and O–H groups in total. The third kappa shape index (κ3) is 4.63. The first-order valence-electron chi connectivity index (χ1n) is 9.41. The van der Waals surface area contributed by atoms with E-state index in [1.54, 1.807) is 35.5 Å². The molecule has 0 spiro atoms. The highest BCUT2D eigenvalue weighted by atomic mass is 19.1. The number of halogens is 1. The maximum Gasteiger partial charge on any atom is 0.246 e. The maximum atomic E-state index is 12.9. The van der Waals surface area contributed by atoms with Gasteiger partial charge < -0.3 is 9.80 Å². The number of hydrogen-bond acceptors (Lipinski definition) is 5. The molecular weight excluding hydrogens is 369 g/mol. The minimum absolute atomic E-state index is 0.0491. The summed E-state index contributed by atoms with van der Waals surface area (Å²) in [5.41, 5.74) is 2.50. The number of aromatic nitrogens is 3. The van der Waals surface area contributed by atoms with Crippen LogP contribution in [-0.2, 0) is 4.79 Å². The van der Waals surface area contributed by atoms with Gasteiger partial charge in [0.2, 0.25) is 5.91 Å². The first kappa shape index (κ1) is 18.7. The molecule has 0 atom stereocenters. The van der Waals surface area contributed by atoms with E-state index in [1.807, 2.05) is 24.3 Å². The van der Waals surface area contributed by atoms with Crippen LogP contribution >= 0.6 is 0 Å². The van der Waals surface area contributed by atoms with Crippen LogP contribution in [0.2, 0.25) is 0 Å². The summed E-state index contributed by atoms with van der Waals surface area (Å²) in [7, 11) is 0. The van der Waals surface area contributed by atoms with Crippen molar-refractivity contribution in [2.24, 2.45) is 0 Å². The monoisotopic (exact) mass is 389 g/mol. The molecule has 0 unspecified atom stereocenters. The Labute approximate surface area is 168 Å². The van der Waals surface area contributed by atoms with Crippen LogP contribution in [0.1, 0.15) is 5.56 Å². The summed E-state index contributed by atoms with van der Waals surface area (Å²) in [6, 6.07) is 13.7. The number of amides is 1. The third-order valence-electron chi connectivity index (χ3n) is 4.81. The van der Waals surface area contributed by atoms with Crippen LogP contribution in [-0.4, -0.2) is 52.2 Å². The average Bonchev–Trinajstić information content (AvgIpc) is 2.79. The average molecular weight is 389 g/mol. The van der Waals surface area contributed by atoms with Crippen molar-refractivity contribution in [1.82, 2.24) is 20.1 Å². The molecule has 0 saturated carbocycles. The maximum absolute atomic E-state index is 12.9. The Balaban J connectivity index is 1.33. The molecule has 1 aliphatic rings. The quantitative estimate of drug-likeness (QED) is 0.642. The van der Waals surface area contributed by atoms with Crippen molar-refractivity contribution < 1.29 is 9.18 Å². The Morgan fingerprint density at radius 1 is 0.966 bits per heavy atom. The number of carbonyl (C=O) groups excluding carboxylic acids is 1. The zero-order valence-corrected chi connectivity index (χ0v) is 15.8. The summed E-state index contributed by atoms with van der Waals surface area (Å²) in [5.74, 6) is 0.458. The summed E-state index contributed by atoms with van der Waals surface area (Å²) in [6.45, 7) is 2.60. The van der Waals surface area contributed by atoms with Gasteiger partial charge in [0.1, 0.15) is 5.82 Å². The highest BCUT2D eigenvalue weighted by Crippen LogP contribution is 2.18.